The van der Waals surface area contributed by atoms with Crippen LogP contribution in [0.4, 0.5) is 11.4 Å². The maximum atomic E-state index is 13.1. The van der Waals surface area contributed by atoms with E-state index in [-0.39, 0.29) is 46.1 Å². The molecule has 0 aliphatic heterocycles. The first-order valence-electron chi connectivity index (χ1n) is 10.9. The van der Waals surface area contributed by atoms with Gasteiger partial charge in [-0.15, -0.1) is 0 Å². The number of Topliss-reactive ketones (excluding diaryl/α,β-unsaturated/α-hetero) is 1. The smallest absolute Gasteiger partial charge is 0.255 e. The van der Waals surface area contributed by atoms with E-state index in [2.05, 4.69) is 10.6 Å². The van der Waals surface area contributed by atoms with E-state index in [1.54, 1.807) is 12.1 Å². The van der Waals surface area contributed by atoms with E-state index in [1.807, 2.05) is 0 Å². The molecule has 0 saturated heterocycles. The normalized spacial score (nSPS) is 10.4. The second-order valence-electron chi connectivity index (χ2n) is 8.07. The van der Waals surface area contributed by atoms with E-state index in [4.69, 9.17) is 0 Å². The van der Waals surface area contributed by atoms with E-state index in [0.29, 0.717) is 16.9 Å². The van der Waals surface area contributed by atoms with Gasteiger partial charge in [0, 0.05) is 34.5 Å². The SMILES string of the molecule is O=C(Cc1ccc(O)cc1)c1cc(C(=O)Nc2ccc(O)cc2)cc(C(=O)Nc2ccc(O)cc2)c1. The summed E-state index contributed by atoms with van der Waals surface area (Å²) < 4.78 is 0. The predicted molar refractivity (Wildman–Crippen MR) is 135 cm³/mol. The minimum atomic E-state index is -0.543. The van der Waals surface area contributed by atoms with Crippen LogP contribution >= 0.6 is 0 Å². The zero-order valence-electron chi connectivity index (χ0n) is 18.9. The fourth-order valence-corrected chi connectivity index (χ4v) is 3.45. The lowest BCUT2D eigenvalue weighted by molar-refractivity contribution is 0.0993. The molecule has 0 aliphatic carbocycles. The molecular weight excluding hydrogens is 460 g/mol. The lowest BCUT2D eigenvalue weighted by Crippen LogP contribution is -2.17. The number of amides is 2. The number of carbonyl (C=O) groups excluding carboxylic acids is 3. The van der Waals surface area contributed by atoms with Crippen molar-refractivity contribution in [2.45, 2.75) is 6.42 Å². The number of hydrogen-bond donors (Lipinski definition) is 5. The van der Waals surface area contributed by atoms with Gasteiger partial charge in [-0.2, -0.15) is 0 Å². The summed E-state index contributed by atoms with van der Waals surface area (Å²) >= 11 is 0. The molecule has 4 rings (SSSR count). The zero-order valence-corrected chi connectivity index (χ0v) is 18.9. The quantitative estimate of drug-likeness (QED) is 0.191. The highest BCUT2D eigenvalue weighted by molar-refractivity contribution is 6.11. The largest absolute Gasteiger partial charge is 0.508 e. The maximum Gasteiger partial charge on any atom is 0.255 e. The first-order valence-corrected chi connectivity index (χ1v) is 10.9. The fraction of sp³-hybridized carbons (Fsp3) is 0.0357. The van der Waals surface area contributed by atoms with Crippen molar-refractivity contribution in [1.82, 2.24) is 0 Å². The van der Waals surface area contributed by atoms with Gasteiger partial charge in [0.15, 0.2) is 5.78 Å². The zero-order chi connectivity index (χ0) is 25.7. The van der Waals surface area contributed by atoms with Gasteiger partial charge in [-0.25, -0.2) is 0 Å². The molecule has 0 aromatic heterocycles. The van der Waals surface area contributed by atoms with Gasteiger partial charge >= 0.3 is 0 Å². The van der Waals surface area contributed by atoms with Crippen LogP contribution in [-0.4, -0.2) is 32.9 Å². The highest BCUT2D eigenvalue weighted by atomic mass is 16.3. The average molecular weight is 482 g/mol. The molecule has 5 N–H and O–H groups in total. The van der Waals surface area contributed by atoms with Gasteiger partial charge in [0.1, 0.15) is 17.2 Å². The highest BCUT2D eigenvalue weighted by Gasteiger charge is 2.17. The summed E-state index contributed by atoms with van der Waals surface area (Å²) in [5.41, 5.74) is 1.86. The summed E-state index contributed by atoms with van der Waals surface area (Å²) in [7, 11) is 0. The maximum absolute atomic E-state index is 13.1. The van der Waals surface area contributed by atoms with E-state index in [9.17, 15) is 29.7 Å². The third-order valence-corrected chi connectivity index (χ3v) is 5.33. The summed E-state index contributed by atoms with van der Waals surface area (Å²) in [6.45, 7) is 0. The molecule has 0 bridgehead atoms. The van der Waals surface area contributed by atoms with Crippen LogP contribution in [0.5, 0.6) is 17.2 Å². The summed E-state index contributed by atoms with van der Waals surface area (Å²) in [4.78, 5) is 39.0. The summed E-state index contributed by atoms with van der Waals surface area (Å²) in [5.74, 6) is -1.24. The van der Waals surface area contributed by atoms with Crippen LogP contribution < -0.4 is 10.6 Å². The van der Waals surface area contributed by atoms with Gasteiger partial charge in [-0.05, 0) is 84.4 Å². The van der Waals surface area contributed by atoms with Crippen LogP contribution in [0.15, 0.2) is 91.0 Å². The summed E-state index contributed by atoms with van der Waals surface area (Å²) in [6.07, 6.45) is 0.00232. The lowest BCUT2D eigenvalue weighted by atomic mass is 9.97. The first-order chi connectivity index (χ1) is 17.3. The van der Waals surface area contributed by atoms with Crippen molar-refractivity contribution < 1.29 is 29.7 Å². The van der Waals surface area contributed by atoms with E-state index < -0.39 is 11.8 Å². The number of anilines is 2. The van der Waals surface area contributed by atoms with Gasteiger partial charge in [-0.3, -0.25) is 14.4 Å². The lowest BCUT2D eigenvalue weighted by Gasteiger charge is -2.11. The molecule has 2 amide bonds. The topological polar surface area (TPSA) is 136 Å². The second-order valence-corrected chi connectivity index (χ2v) is 8.07. The van der Waals surface area contributed by atoms with Crippen LogP contribution in [0.1, 0.15) is 36.6 Å². The number of rotatable bonds is 7. The number of aromatic hydroxyl groups is 3. The molecule has 180 valence electrons. The Morgan fingerprint density at radius 3 is 1.31 bits per heavy atom. The number of hydrogen-bond acceptors (Lipinski definition) is 6. The Kier molecular flexibility index (Phi) is 6.97. The molecule has 0 radical (unpaired) electrons. The molecule has 0 unspecified atom stereocenters. The van der Waals surface area contributed by atoms with Crippen molar-refractivity contribution in [3.63, 3.8) is 0 Å². The van der Waals surface area contributed by atoms with Crippen LogP contribution in [0.3, 0.4) is 0 Å². The second kappa shape index (κ2) is 10.4. The third-order valence-electron chi connectivity index (χ3n) is 5.33. The van der Waals surface area contributed by atoms with Gasteiger partial charge in [0.2, 0.25) is 0 Å². The molecule has 0 atom stereocenters. The Morgan fingerprint density at radius 1 is 0.528 bits per heavy atom. The number of ketones is 1. The monoisotopic (exact) mass is 482 g/mol. The minimum absolute atomic E-state index is 0.00232. The van der Waals surface area contributed by atoms with Crippen molar-refractivity contribution in [1.29, 1.82) is 0 Å². The van der Waals surface area contributed by atoms with Crippen molar-refractivity contribution in [3.05, 3.63) is 113 Å². The van der Waals surface area contributed by atoms with Gasteiger partial charge < -0.3 is 26.0 Å². The fourth-order valence-electron chi connectivity index (χ4n) is 3.45. The number of carbonyl (C=O) groups is 3. The summed E-state index contributed by atoms with van der Waals surface area (Å²) in [5, 5.41) is 33.7. The molecule has 0 fully saturated rings. The average Bonchev–Trinajstić information content (AvgIpc) is 2.87. The van der Waals surface area contributed by atoms with Gasteiger partial charge in [0.25, 0.3) is 11.8 Å². The Labute approximate surface area is 206 Å². The third kappa shape index (κ3) is 6.06. The number of nitrogens with one attached hydrogen (secondary N) is 2. The van der Waals surface area contributed by atoms with Gasteiger partial charge in [0.05, 0.1) is 0 Å². The molecular formula is C28H22N2O6. The van der Waals surface area contributed by atoms with Crippen molar-refractivity contribution in [3.8, 4) is 17.2 Å². The van der Waals surface area contributed by atoms with Crippen molar-refractivity contribution >= 4 is 29.0 Å². The number of phenols is 3. The van der Waals surface area contributed by atoms with E-state index in [0.717, 1.165) is 0 Å². The molecule has 8 heteroatoms. The molecule has 8 nitrogen and oxygen atoms in total. The van der Waals surface area contributed by atoms with E-state index in [1.165, 1.54) is 78.9 Å². The first kappa shape index (κ1) is 24.0. The Morgan fingerprint density at radius 2 is 0.889 bits per heavy atom. The highest BCUT2D eigenvalue weighted by Crippen LogP contribution is 2.20. The molecule has 4 aromatic rings. The van der Waals surface area contributed by atoms with Gasteiger partial charge in [-0.1, -0.05) is 12.1 Å². The molecule has 0 spiro atoms. The predicted octanol–water partition coefficient (Wildman–Crippen LogP) is 4.73. The van der Waals surface area contributed by atoms with E-state index >= 15 is 0 Å². The Balaban J connectivity index is 1.64. The molecule has 0 saturated carbocycles. The number of benzene rings is 4. The van der Waals surface area contributed by atoms with Crippen LogP contribution in [0, 0.1) is 0 Å². The Bertz CT molecular complexity index is 1230. The molecule has 4 aromatic carbocycles. The van der Waals surface area contributed by atoms with Crippen LogP contribution in [0.2, 0.25) is 0 Å². The Hall–Kier alpha value is -5.11. The molecule has 0 heterocycles. The van der Waals surface area contributed by atoms with Crippen molar-refractivity contribution in [2.24, 2.45) is 0 Å². The van der Waals surface area contributed by atoms with Crippen LogP contribution in [0.25, 0.3) is 0 Å². The number of phenolic OH excluding ortho intramolecular Hbond substituents is 3. The van der Waals surface area contributed by atoms with Crippen LogP contribution in [-0.2, 0) is 6.42 Å². The standard InChI is InChI=1S/C28H22N2O6/c31-23-7-1-17(2-8-23)13-26(34)18-14-19(27(35)29-21-3-9-24(32)10-4-21)16-20(15-18)28(36)30-22-5-11-25(33)12-6-22/h1-12,14-16,31-33H,13H2,(H,29,35)(H,30,36). The van der Waals surface area contributed by atoms with Crippen molar-refractivity contribution in [2.75, 3.05) is 10.6 Å². The molecule has 36 heavy (non-hydrogen) atoms. The summed E-state index contributed by atoms with van der Waals surface area (Å²) in [6, 6.07) is 22.1. The minimum Gasteiger partial charge on any atom is -0.508 e. The molecule has 0 aliphatic rings.